The van der Waals surface area contributed by atoms with Crippen LogP contribution in [0.5, 0.6) is 5.75 Å². The highest BCUT2D eigenvalue weighted by Crippen LogP contribution is 2.45. The molecule has 2 heterocycles. The molecule has 8 nitrogen and oxygen atoms in total. The van der Waals surface area contributed by atoms with E-state index in [1.807, 2.05) is 35.9 Å². The molecule has 1 saturated carbocycles. The van der Waals surface area contributed by atoms with E-state index in [2.05, 4.69) is 5.92 Å². The summed E-state index contributed by atoms with van der Waals surface area (Å²) in [7, 11) is -3.87. The number of sulfonamides is 1. The Labute approximate surface area is 210 Å². The van der Waals surface area contributed by atoms with Crippen molar-refractivity contribution in [3.63, 3.8) is 0 Å². The molecule has 3 aromatic rings. The average molecular weight is 508 g/mol. The zero-order valence-corrected chi connectivity index (χ0v) is 20.9. The van der Waals surface area contributed by atoms with Crippen molar-refractivity contribution in [3.05, 3.63) is 53.7 Å². The lowest BCUT2D eigenvalue weighted by atomic mass is 9.74. The molecule has 1 N–H and O–H groups in total. The number of aliphatic carboxylic acids is 1. The van der Waals surface area contributed by atoms with Crippen molar-refractivity contribution in [2.24, 2.45) is 11.8 Å². The number of terminal acetylenes is 1. The predicted molar refractivity (Wildman–Crippen MR) is 135 cm³/mol. The van der Waals surface area contributed by atoms with Gasteiger partial charge in [-0.3, -0.25) is 9.48 Å². The number of carboxylic acids is 1. The van der Waals surface area contributed by atoms with E-state index >= 15 is 0 Å². The Balaban J connectivity index is 1.54. The van der Waals surface area contributed by atoms with Gasteiger partial charge in [0.1, 0.15) is 5.75 Å². The molecule has 0 amide bonds. The van der Waals surface area contributed by atoms with Crippen molar-refractivity contribution in [2.75, 3.05) is 19.7 Å². The first-order valence-corrected chi connectivity index (χ1v) is 13.7. The Morgan fingerprint density at radius 2 is 2.00 bits per heavy atom. The molecule has 0 spiro atoms. The second kappa shape index (κ2) is 9.60. The molecule has 0 unspecified atom stereocenters. The molecule has 2 fully saturated rings. The summed E-state index contributed by atoms with van der Waals surface area (Å²) in [4.78, 5) is 11.6. The maximum Gasteiger partial charge on any atom is 0.309 e. The van der Waals surface area contributed by atoms with Crippen molar-refractivity contribution in [1.29, 1.82) is 0 Å². The molecule has 2 aromatic carbocycles. The topological polar surface area (TPSA) is 102 Å². The first-order valence-electron chi connectivity index (χ1n) is 12.2. The van der Waals surface area contributed by atoms with Crippen LogP contribution in [0.1, 0.15) is 43.5 Å². The van der Waals surface area contributed by atoms with Gasteiger partial charge >= 0.3 is 5.97 Å². The molecule has 1 aliphatic carbocycles. The number of fused-ring (bicyclic) bond motifs is 1. The fraction of sp³-hybridized carbons (Fsp3) is 0.407. The lowest BCUT2D eigenvalue weighted by Gasteiger charge is -2.34. The fourth-order valence-corrected chi connectivity index (χ4v) is 7.12. The number of hydrogen-bond donors (Lipinski definition) is 1. The summed E-state index contributed by atoms with van der Waals surface area (Å²) in [5.41, 5.74) is 1.60. The summed E-state index contributed by atoms with van der Waals surface area (Å²) in [5, 5.41) is 14.9. The quantitative estimate of drug-likeness (QED) is 0.467. The monoisotopic (exact) mass is 507 g/mol. The minimum absolute atomic E-state index is 0.0755. The maximum absolute atomic E-state index is 13.8. The predicted octanol–water partition coefficient (Wildman–Crippen LogP) is 3.71. The van der Waals surface area contributed by atoms with Gasteiger partial charge in [0.25, 0.3) is 0 Å². The number of rotatable bonds is 8. The number of para-hydroxylation sites is 1. The Hall–Kier alpha value is -3.35. The van der Waals surface area contributed by atoms with Crippen molar-refractivity contribution in [3.8, 4) is 18.1 Å². The number of ether oxygens (including phenoxy) is 1. The van der Waals surface area contributed by atoms with Gasteiger partial charge in [-0.15, -0.1) is 6.42 Å². The normalized spacial score (nSPS) is 20.8. The van der Waals surface area contributed by atoms with Gasteiger partial charge in [-0.05, 0) is 43.0 Å². The van der Waals surface area contributed by atoms with E-state index < -0.39 is 16.0 Å². The second-order valence-electron chi connectivity index (χ2n) is 9.46. The highest BCUT2D eigenvalue weighted by Gasteiger charge is 2.46. The number of aromatic nitrogens is 2. The summed E-state index contributed by atoms with van der Waals surface area (Å²) in [5.74, 6) is 2.56. The molecular weight excluding hydrogens is 478 g/mol. The van der Waals surface area contributed by atoms with Crippen molar-refractivity contribution >= 4 is 26.9 Å². The van der Waals surface area contributed by atoms with Crippen molar-refractivity contribution in [2.45, 2.75) is 43.5 Å². The highest BCUT2D eigenvalue weighted by atomic mass is 32.2. The molecule has 1 saturated heterocycles. The van der Waals surface area contributed by atoms with Gasteiger partial charge < -0.3 is 9.84 Å². The Morgan fingerprint density at radius 1 is 1.22 bits per heavy atom. The lowest BCUT2D eigenvalue weighted by Crippen LogP contribution is -2.31. The molecule has 2 aliphatic rings. The zero-order chi connectivity index (χ0) is 25.4. The van der Waals surface area contributed by atoms with Crippen LogP contribution in [-0.4, -0.2) is 53.3 Å². The average Bonchev–Trinajstić information content (AvgIpc) is 3.40. The van der Waals surface area contributed by atoms with E-state index in [0.717, 1.165) is 30.2 Å². The van der Waals surface area contributed by atoms with Gasteiger partial charge in [-0.25, -0.2) is 8.42 Å². The SMILES string of the molecule is C#Cc1cc(OCC)ccc1S(=O)(=O)N1C[C@@H](C2CCC2)[C@@H](n2nc(CC(=O)O)c3ccccc32)C1. The van der Waals surface area contributed by atoms with Crippen LogP contribution < -0.4 is 4.74 Å². The van der Waals surface area contributed by atoms with Gasteiger partial charge in [0.05, 0.1) is 35.2 Å². The van der Waals surface area contributed by atoms with E-state index in [1.165, 1.54) is 10.4 Å². The molecule has 188 valence electrons. The van der Waals surface area contributed by atoms with Gasteiger partial charge in [0.15, 0.2) is 0 Å². The number of carbonyl (C=O) groups is 1. The number of carboxylic acid groups (broad SMARTS) is 1. The van der Waals surface area contributed by atoms with Crippen molar-refractivity contribution in [1.82, 2.24) is 14.1 Å². The lowest BCUT2D eigenvalue weighted by molar-refractivity contribution is -0.136. The van der Waals surface area contributed by atoms with Gasteiger partial charge in [-0.2, -0.15) is 9.40 Å². The van der Waals surface area contributed by atoms with Crippen LogP contribution in [0.15, 0.2) is 47.4 Å². The first kappa shape index (κ1) is 24.3. The minimum Gasteiger partial charge on any atom is -0.494 e. The van der Waals surface area contributed by atoms with Gasteiger partial charge in [0, 0.05) is 24.0 Å². The van der Waals surface area contributed by atoms with E-state index in [1.54, 1.807) is 12.1 Å². The fourth-order valence-electron chi connectivity index (χ4n) is 5.49. The molecule has 0 radical (unpaired) electrons. The molecule has 1 aliphatic heterocycles. The summed E-state index contributed by atoms with van der Waals surface area (Å²) < 4.78 is 36.5. The molecule has 2 atom stereocenters. The van der Waals surface area contributed by atoms with Crippen LogP contribution >= 0.6 is 0 Å². The van der Waals surface area contributed by atoms with E-state index in [9.17, 15) is 18.3 Å². The van der Waals surface area contributed by atoms with Crippen LogP contribution in [0.3, 0.4) is 0 Å². The third kappa shape index (κ3) is 4.25. The van der Waals surface area contributed by atoms with E-state index in [0.29, 0.717) is 30.5 Å². The van der Waals surface area contributed by atoms with Crippen molar-refractivity contribution < 1.29 is 23.1 Å². The van der Waals surface area contributed by atoms with Crippen LogP contribution in [0.4, 0.5) is 0 Å². The highest BCUT2D eigenvalue weighted by molar-refractivity contribution is 7.89. The van der Waals surface area contributed by atoms with Crippen LogP contribution in [0, 0.1) is 24.2 Å². The molecular formula is C27H29N3O5S. The first-order chi connectivity index (χ1) is 17.3. The molecule has 9 heteroatoms. The summed E-state index contributed by atoms with van der Waals surface area (Å²) >= 11 is 0. The summed E-state index contributed by atoms with van der Waals surface area (Å²) in [6, 6.07) is 12.1. The van der Waals surface area contributed by atoms with E-state index in [4.69, 9.17) is 16.3 Å². The standard InChI is InChI=1S/C27H29N3O5S/c1-3-18-14-20(35-4-2)12-13-26(18)36(33,34)29-16-22(19-8-7-9-19)25(17-29)30-24-11-6-5-10-21(24)23(28-30)15-27(31)32/h1,5-6,10-14,19,22,25H,4,7-9,15-17H2,2H3,(H,31,32)/t22-,25-/m0/s1. The second-order valence-corrected chi connectivity index (χ2v) is 11.4. The third-order valence-corrected chi connectivity index (χ3v) is 9.30. The molecule has 1 aromatic heterocycles. The minimum atomic E-state index is -3.87. The molecule has 5 rings (SSSR count). The Kier molecular flexibility index (Phi) is 6.49. The summed E-state index contributed by atoms with van der Waals surface area (Å²) in [6.45, 7) is 2.93. The van der Waals surface area contributed by atoms with Crippen LogP contribution in [0.2, 0.25) is 0 Å². The molecule has 0 bridgehead atoms. The van der Waals surface area contributed by atoms with E-state index in [-0.39, 0.29) is 35.4 Å². The zero-order valence-electron chi connectivity index (χ0n) is 20.1. The largest absolute Gasteiger partial charge is 0.494 e. The Morgan fingerprint density at radius 3 is 2.67 bits per heavy atom. The Bertz CT molecular complexity index is 1450. The third-order valence-electron chi connectivity index (χ3n) is 7.41. The number of hydrogen-bond acceptors (Lipinski definition) is 5. The molecule has 36 heavy (non-hydrogen) atoms. The maximum atomic E-state index is 13.8. The van der Waals surface area contributed by atoms with Gasteiger partial charge in [0.2, 0.25) is 10.0 Å². The van der Waals surface area contributed by atoms with Crippen LogP contribution in [-0.2, 0) is 21.2 Å². The number of nitrogens with zero attached hydrogens (tertiary/aromatic N) is 3. The van der Waals surface area contributed by atoms with Gasteiger partial charge in [-0.1, -0.05) is 43.4 Å². The summed E-state index contributed by atoms with van der Waals surface area (Å²) in [6.07, 6.45) is 8.73. The van der Waals surface area contributed by atoms with Crippen LogP contribution in [0.25, 0.3) is 10.9 Å². The smallest absolute Gasteiger partial charge is 0.309 e. The number of benzene rings is 2.